The number of hydrogen-bond acceptors (Lipinski definition) is 5. The average Bonchev–Trinajstić information content (AvgIpc) is 3.16. The van der Waals surface area contributed by atoms with E-state index in [0.29, 0.717) is 31.5 Å². The molecule has 3 aliphatic rings. The lowest BCUT2D eigenvalue weighted by atomic mass is 9.81. The maximum Gasteiger partial charge on any atom is 0.228 e. The average molecular weight is 404 g/mol. The van der Waals surface area contributed by atoms with Crippen molar-refractivity contribution in [3.63, 3.8) is 0 Å². The second-order valence-electron chi connectivity index (χ2n) is 8.01. The Morgan fingerprint density at radius 3 is 2.00 bits per heavy atom. The normalized spacial score (nSPS) is 27.0. The molecule has 3 saturated heterocycles. The molecule has 3 fully saturated rings. The number of halogens is 1. The zero-order valence-electron chi connectivity index (χ0n) is 16.1. The van der Waals surface area contributed by atoms with E-state index in [0.717, 1.165) is 65.1 Å². The summed E-state index contributed by atoms with van der Waals surface area (Å²) in [5.41, 5.74) is -0.606. The largest absolute Gasteiger partial charge is 0.381 e. The number of amides is 2. The van der Waals surface area contributed by atoms with Gasteiger partial charge >= 0.3 is 0 Å². The molecule has 0 bridgehead atoms. The molecule has 0 saturated carbocycles. The highest BCUT2D eigenvalue weighted by Crippen LogP contribution is 2.30. The fraction of sp³-hybridized carbons (Fsp3) is 0.895. The van der Waals surface area contributed by atoms with Gasteiger partial charge in [-0.3, -0.25) is 9.59 Å². The van der Waals surface area contributed by atoms with E-state index in [-0.39, 0.29) is 30.6 Å². The van der Waals surface area contributed by atoms with Gasteiger partial charge in [-0.1, -0.05) is 0 Å². The number of hydrogen-bond donors (Lipinski definition) is 3. The van der Waals surface area contributed by atoms with Crippen LogP contribution in [0.15, 0.2) is 0 Å². The topological polar surface area (TPSA) is 88.7 Å². The van der Waals surface area contributed by atoms with Gasteiger partial charge < -0.3 is 25.4 Å². The van der Waals surface area contributed by atoms with E-state index in [1.807, 2.05) is 0 Å². The van der Waals surface area contributed by atoms with Gasteiger partial charge in [0.2, 0.25) is 11.8 Å². The first-order chi connectivity index (χ1) is 12.7. The molecule has 1 atom stereocenters. The van der Waals surface area contributed by atoms with Crippen LogP contribution in [0.5, 0.6) is 0 Å². The predicted octanol–water partition coefficient (Wildman–Crippen LogP) is 0.864. The van der Waals surface area contributed by atoms with E-state index in [4.69, 9.17) is 9.47 Å². The van der Waals surface area contributed by atoms with Crippen LogP contribution in [0.3, 0.4) is 0 Å². The molecule has 3 aliphatic heterocycles. The van der Waals surface area contributed by atoms with Crippen LogP contribution >= 0.6 is 12.4 Å². The van der Waals surface area contributed by atoms with E-state index in [1.54, 1.807) is 0 Å². The minimum absolute atomic E-state index is 0. The molecule has 3 rings (SSSR count). The summed E-state index contributed by atoms with van der Waals surface area (Å²) in [6, 6.07) is 0. The fourth-order valence-electron chi connectivity index (χ4n) is 4.12. The van der Waals surface area contributed by atoms with E-state index in [2.05, 4.69) is 16.0 Å². The highest BCUT2D eigenvalue weighted by molar-refractivity contribution is 5.89. The molecule has 1 unspecified atom stereocenters. The Morgan fingerprint density at radius 2 is 1.48 bits per heavy atom. The smallest absolute Gasteiger partial charge is 0.228 e. The lowest BCUT2D eigenvalue weighted by Gasteiger charge is -2.29. The van der Waals surface area contributed by atoms with Crippen LogP contribution in [0, 0.1) is 17.3 Å². The molecule has 3 heterocycles. The predicted molar refractivity (Wildman–Crippen MR) is 105 cm³/mol. The highest BCUT2D eigenvalue weighted by Gasteiger charge is 2.43. The quantitative estimate of drug-likeness (QED) is 0.586. The molecule has 0 aromatic carbocycles. The van der Waals surface area contributed by atoms with Crippen LogP contribution in [0.1, 0.15) is 38.5 Å². The third kappa shape index (κ3) is 6.59. The van der Waals surface area contributed by atoms with E-state index in [1.165, 1.54) is 0 Å². The second-order valence-corrected chi connectivity index (χ2v) is 8.01. The Hall–Kier alpha value is -0.890. The number of ether oxygens (including phenoxy) is 2. The third-order valence-corrected chi connectivity index (χ3v) is 6.05. The van der Waals surface area contributed by atoms with Gasteiger partial charge in [0.05, 0.1) is 5.41 Å². The van der Waals surface area contributed by atoms with Gasteiger partial charge in [0.25, 0.3) is 0 Å². The molecular formula is C19H34ClN3O4. The van der Waals surface area contributed by atoms with Crippen molar-refractivity contribution in [2.24, 2.45) is 17.3 Å². The van der Waals surface area contributed by atoms with E-state index in [9.17, 15) is 9.59 Å². The van der Waals surface area contributed by atoms with Crippen molar-refractivity contribution in [2.75, 3.05) is 52.6 Å². The maximum atomic E-state index is 12.9. The van der Waals surface area contributed by atoms with Gasteiger partial charge in [-0.05, 0) is 50.5 Å². The minimum Gasteiger partial charge on any atom is -0.381 e. The van der Waals surface area contributed by atoms with Crippen molar-refractivity contribution in [1.29, 1.82) is 0 Å². The summed E-state index contributed by atoms with van der Waals surface area (Å²) in [4.78, 5) is 25.4. The highest BCUT2D eigenvalue weighted by atomic mass is 35.5. The molecule has 7 nitrogen and oxygen atoms in total. The van der Waals surface area contributed by atoms with Crippen LogP contribution in [-0.2, 0) is 19.1 Å². The summed E-state index contributed by atoms with van der Waals surface area (Å²) >= 11 is 0. The molecule has 0 aromatic rings. The van der Waals surface area contributed by atoms with Crippen LogP contribution in [0.25, 0.3) is 0 Å². The lowest BCUT2D eigenvalue weighted by Crippen LogP contribution is -2.47. The molecule has 0 spiro atoms. The molecule has 0 aromatic heterocycles. The number of nitrogens with one attached hydrogen (secondary N) is 3. The van der Waals surface area contributed by atoms with E-state index >= 15 is 0 Å². The molecular weight excluding hydrogens is 370 g/mol. The summed E-state index contributed by atoms with van der Waals surface area (Å²) in [5.74, 6) is 0.991. The summed E-state index contributed by atoms with van der Waals surface area (Å²) in [5, 5.41) is 9.43. The van der Waals surface area contributed by atoms with Gasteiger partial charge in [-0.25, -0.2) is 0 Å². The molecule has 3 N–H and O–H groups in total. The summed E-state index contributed by atoms with van der Waals surface area (Å²) in [6.45, 7) is 5.87. The van der Waals surface area contributed by atoms with Crippen molar-refractivity contribution in [2.45, 2.75) is 38.5 Å². The fourth-order valence-corrected chi connectivity index (χ4v) is 4.12. The van der Waals surface area contributed by atoms with Crippen molar-refractivity contribution in [3.8, 4) is 0 Å². The van der Waals surface area contributed by atoms with Gasteiger partial charge in [-0.15, -0.1) is 12.4 Å². The number of rotatable bonds is 7. The zero-order chi connectivity index (χ0) is 18.2. The van der Waals surface area contributed by atoms with Crippen molar-refractivity contribution >= 4 is 24.2 Å². The lowest BCUT2D eigenvalue weighted by molar-refractivity contribution is -0.136. The Morgan fingerprint density at radius 1 is 0.926 bits per heavy atom. The Bertz CT molecular complexity index is 474. The van der Waals surface area contributed by atoms with Gasteiger partial charge in [0.15, 0.2) is 0 Å². The molecule has 0 radical (unpaired) electrons. The Balaban J connectivity index is 0.00000261. The molecule has 8 heteroatoms. The van der Waals surface area contributed by atoms with Crippen molar-refractivity contribution in [3.05, 3.63) is 0 Å². The first-order valence-electron chi connectivity index (χ1n) is 10.1. The standard InChI is InChI=1S/C19H33N3O4.ClH/c23-17(21-12-15-1-7-25-8-2-15)11-19(5-6-20-14-19)18(24)22-13-16-3-9-26-10-4-16;/h15-16,20H,1-14H2,(H,21,23)(H,22,24);1H. The van der Waals surface area contributed by atoms with Crippen LogP contribution < -0.4 is 16.0 Å². The Labute approximate surface area is 168 Å². The number of carbonyl (C=O) groups is 2. The van der Waals surface area contributed by atoms with Crippen molar-refractivity contribution in [1.82, 2.24) is 16.0 Å². The van der Waals surface area contributed by atoms with Crippen LogP contribution in [0.4, 0.5) is 0 Å². The maximum absolute atomic E-state index is 12.9. The van der Waals surface area contributed by atoms with Gasteiger partial charge in [0, 0.05) is 52.5 Å². The summed E-state index contributed by atoms with van der Waals surface area (Å²) in [6.07, 6.45) is 4.98. The van der Waals surface area contributed by atoms with Crippen molar-refractivity contribution < 1.29 is 19.1 Å². The summed E-state index contributed by atoms with van der Waals surface area (Å²) < 4.78 is 10.7. The van der Waals surface area contributed by atoms with Crippen LogP contribution in [0.2, 0.25) is 0 Å². The molecule has 156 valence electrons. The van der Waals surface area contributed by atoms with Gasteiger partial charge in [0.1, 0.15) is 0 Å². The van der Waals surface area contributed by atoms with Gasteiger partial charge in [-0.2, -0.15) is 0 Å². The monoisotopic (exact) mass is 403 g/mol. The SMILES string of the molecule is Cl.O=C(CC1(C(=O)NCC2CCOCC2)CCNC1)NCC1CCOCC1. The van der Waals surface area contributed by atoms with Crippen LogP contribution in [-0.4, -0.2) is 64.4 Å². The second kappa shape index (κ2) is 11.2. The number of carbonyl (C=O) groups excluding carboxylic acids is 2. The third-order valence-electron chi connectivity index (χ3n) is 6.05. The Kier molecular flexibility index (Phi) is 9.29. The first kappa shape index (κ1) is 22.4. The molecule has 27 heavy (non-hydrogen) atoms. The summed E-state index contributed by atoms with van der Waals surface area (Å²) in [7, 11) is 0. The molecule has 0 aliphatic carbocycles. The zero-order valence-corrected chi connectivity index (χ0v) is 16.9. The van der Waals surface area contributed by atoms with E-state index < -0.39 is 5.41 Å². The molecule has 2 amide bonds. The first-order valence-corrected chi connectivity index (χ1v) is 10.1. The minimum atomic E-state index is -0.606.